The molecule has 17 heavy (non-hydrogen) atoms. The average molecular weight is 241 g/mol. The maximum Gasteiger partial charge on any atom is 0.0755 e. The Morgan fingerprint density at radius 1 is 1.12 bits per heavy atom. The Bertz CT molecular complexity index is 172. The normalized spacial score (nSPS) is 21.4. The van der Waals surface area contributed by atoms with Gasteiger partial charge >= 0.3 is 0 Å². The van der Waals surface area contributed by atoms with Crippen LogP contribution in [-0.2, 0) is 4.74 Å². The van der Waals surface area contributed by atoms with E-state index in [2.05, 4.69) is 26.1 Å². The molecule has 0 aliphatic heterocycles. The van der Waals surface area contributed by atoms with Crippen molar-refractivity contribution >= 4 is 0 Å². The molecule has 0 heterocycles. The van der Waals surface area contributed by atoms with Gasteiger partial charge < -0.3 is 10.1 Å². The minimum atomic E-state index is 0.445. The van der Waals surface area contributed by atoms with Gasteiger partial charge in [-0.2, -0.15) is 0 Å². The van der Waals surface area contributed by atoms with Gasteiger partial charge in [-0.05, 0) is 38.6 Å². The zero-order chi connectivity index (χ0) is 12.5. The van der Waals surface area contributed by atoms with Crippen molar-refractivity contribution < 1.29 is 4.74 Å². The fraction of sp³-hybridized carbons (Fsp3) is 1.00. The topological polar surface area (TPSA) is 21.3 Å². The first kappa shape index (κ1) is 15.0. The Kier molecular flexibility index (Phi) is 7.87. The van der Waals surface area contributed by atoms with Crippen molar-refractivity contribution in [3.8, 4) is 0 Å². The third-order valence-electron chi connectivity index (χ3n) is 3.94. The summed E-state index contributed by atoms with van der Waals surface area (Å²) in [4.78, 5) is 0. The molecule has 2 unspecified atom stereocenters. The first-order chi connectivity index (χ1) is 8.33. The van der Waals surface area contributed by atoms with Crippen LogP contribution in [0.2, 0.25) is 0 Å². The predicted molar refractivity (Wildman–Crippen MR) is 74.4 cm³/mol. The van der Waals surface area contributed by atoms with Crippen LogP contribution < -0.4 is 5.32 Å². The van der Waals surface area contributed by atoms with Crippen molar-refractivity contribution in [2.24, 2.45) is 5.92 Å². The number of hydrogen-bond donors (Lipinski definition) is 1. The molecule has 1 fully saturated rings. The van der Waals surface area contributed by atoms with Crippen LogP contribution in [0.1, 0.15) is 65.7 Å². The van der Waals surface area contributed by atoms with E-state index in [1.54, 1.807) is 0 Å². The predicted octanol–water partition coefficient (Wildman–Crippen LogP) is 3.75. The van der Waals surface area contributed by atoms with Gasteiger partial charge in [0.05, 0.1) is 6.10 Å². The van der Waals surface area contributed by atoms with Crippen LogP contribution in [0, 0.1) is 5.92 Å². The van der Waals surface area contributed by atoms with Crippen LogP contribution in [0.3, 0.4) is 0 Å². The van der Waals surface area contributed by atoms with Crippen LogP contribution in [0.5, 0.6) is 0 Å². The molecule has 0 aromatic heterocycles. The van der Waals surface area contributed by atoms with Crippen LogP contribution in [0.15, 0.2) is 0 Å². The summed E-state index contributed by atoms with van der Waals surface area (Å²) in [5.41, 5.74) is 0. The Morgan fingerprint density at radius 3 is 2.35 bits per heavy atom. The van der Waals surface area contributed by atoms with Crippen LogP contribution in [0.4, 0.5) is 0 Å². The molecule has 0 aromatic carbocycles. The van der Waals surface area contributed by atoms with E-state index in [1.165, 1.54) is 44.9 Å². The van der Waals surface area contributed by atoms with E-state index in [0.29, 0.717) is 12.1 Å². The van der Waals surface area contributed by atoms with E-state index in [0.717, 1.165) is 19.1 Å². The first-order valence-electron chi connectivity index (χ1n) is 7.68. The summed E-state index contributed by atoms with van der Waals surface area (Å²) in [7, 11) is 0. The largest absolute Gasteiger partial charge is 0.377 e. The number of nitrogens with one attached hydrogen (secondary N) is 1. The van der Waals surface area contributed by atoms with Crippen molar-refractivity contribution in [1.82, 2.24) is 5.32 Å². The Balaban J connectivity index is 2.58. The highest BCUT2D eigenvalue weighted by atomic mass is 16.5. The van der Waals surface area contributed by atoms with E-state index in [9.17, 15) is 0 Å². The number of rotatable bonds is 8. The van der Waals surface area contributed by atoms with Crippen molar-refractivity contribution in [3.05, 3.63) is 0 Å². The zero-order valence-corrected chi connectivity index (χ0v) is 12.0. The smallest absolute Gasteiger partial charge is 0.0755 e. The second-order valence-electron chi connectivity index (χ2n) is 5.27. The van der Waals surface area contributed by atoms with E-state index in [-0.39, 0.29) is 0 Å². The van der Waals surface area contributed by atoms with Crippen molar-refractivity contribution in [1.29, 1.82) is 0 Å². The third kappa shape index (κ3) is 4.97. The minimum Gasteiger partial charge on any atom is -0.377 e. The Morgan fingerprint density at radius 2 is 1.82 bits per heavy atom. The summed E-state index contributed by atoms with van der Waals surface area (Å²) in [6, 6.07) is 0.563. The van der Waals surface area contributed by atoms with Gasteiger partial charge in [0.15, 0.2) is 0 Å². The van der Waals surface area contributed by atoms with E-state index in [1.807, 2.05) is 0 Å². The van der Waals surface area contributed by atoms with Gasteiger partial charge in [0, 0.05) is 12.6 Å². The van der Waals surface area contributed by atoms with Gasteiger partial charge in [-0.25, -0.2) is 0 Å². The van der Waals surface area contributed by atoms with Gasteiger partial charge in [-0.1, -0.05) is 39.5 Å². The standard InChI is InChI=1S/C15H31NO/c1-4-10-14(16-5-2)15(17-6-3)13-11-8-7-9-12-13/h13-16H,4-12H2,1-3H3. The van der Waals surface area contributed by atoms with E-state index < -0.39 is 0 Å². The zero-order valence-electron chi connectivity index (χ0n) is 12.0. The lowest BCUT2D eigenvalue weighted by Crippen LogP contribution is -2.46. The van der Waals surface area contributed by atoms with E-state index >= 15 is 0 Å². The van der Waals surface area contributed by atoms with Gasteiger partial charge in [0.25, 0.3) is 0 Å². The molecule has 0 saturated heterocycles. The summed E-state index contributed by atoms with van der Waals surface area (Å²) in [6.45, 7) is 8.51. The number of likely N-dealkylation sites (N-methyl/N-ethyl adjacent to an activating group) is 1. The summed E-state index contributed by atoms with van der Waals surface area (Å²) in [5, 5.41) is 3.64. The molecule has 2 heteroatoms. The van der Waals surface area contributed by atoms with Crippen LogP contribution in [0.25, 0.3) is 0 Å². The number of ether oxygens (including phenoxy) is 1. The minimum absolute atomic E-state index is 0.445. The molecule has 1 rings (SSSR count). The van der Waals surface area contributed by atoms with Gasteiger partial charge in [-0.15, -0.1) is 0 Å². The number of hydrogen-bond acceptors (Lipinski definition) is 2. The molecule has 1 N–H and O–H groups in total. The van der Waals surface area contributed by atoms with Gasteiger partial charge in [0.2, 0.25) is 0 Å². The summed E-state index contributed by atoms with van der Waals surface area (Å²) < 4.78 is 6.09. The molecule has 1 aliphatic carbocycles. The second kappa shape index (κ2) is 8.93. The molecular formula is C15H31NO. The van der Waals surface area contributed by atoms with Crippen LogP contribution in [-0.4, -0.2) is 25.3 Å². The molecule has 1 aliphatic rings. The van der Waals surface area contributed by atoms with Gasteiger partial charge in [0.1, 0.15) is 0 Å². The molecule has 2 atom stereocenters. The highest BCUT2D eigenvalue weighted by Gasteiger charge is 2.30. The van der Waals surface area contributed by atoms with Crippen molar-refractivity contribution in [3.63, 3.8) is 0 Å². The molecule has 0 bridgehead atoms. The molecule has 102 valence electrons. The molecule has 0 spiro atoms. The maximum absolute atomic E-state index is 6.09. The summed E-state index contributed by atoms with van der Waals surface area (Å²) in [6.07, 6.45) is 9.91. The first-order valence-corrected chi connectivity index (χ1v) is 7.68. The SMILES string of the molecule is CCCC(NCC)C(OCC)C1CCCCC1. The highest BCUT2D eigenvalue weighted by Crippen LogP contribution is 2.30. The molecule has 2 nitrogen and oxygen atoms in total. The molecular weight excluding hydrogens is 210 g/mol. The quantitative estimate of drug-likeness (QED) is 0.699. The Hall–Kier alpha value is -0.0800. The van der Waals surface area contributed by atoms with Crippen molar-refractivity contribution in [2.45, 2.75) is 77.9 Å². The third-order valence-corrected chi connectivity index (χ3v) is 3.94. The monoisotopic (exact) mass is 241 g/mol. The van der Waals surface area contributed by atoms with E-state index in [4.69, 9.17) is 4.74 Å². The molecule has 0 amide bonds. The fourth-order valence-corrected chi connectivity index (χ4v) is 3.19. The lowest BCUT2D eigenvalue weighted by Gasteiger charge is -2.36. The molecule has 0 radical (unpaired) electrons. The second-order valence-corrected chi connectivity index (χ2v) is 5.27. The van der Waals surface area contributed by atoms with Crippen molar-refractivity contribution in [2.75, 3.05) is 13.2 Å². The fourth-order valence-electron chi connectivity index (χ4n) is 3.19. The molecule has 1 saturated carbocycles. The average Bonchev–Trinajstić information content (AvgIpc) is 2.37. The highest BCUT2D eigenvalue weighted by molar-refractivity contribution is 4.84. The summed E-state index contributed by atoms with van der Waals surface area (Å²) >= 11 is 0. The molecule has 0 aromatic rings. The lowest BCUT2D eigenvalue weighted by atomic mass is 9.81. The lowest BCUT2D eigenvalue weighted by molar-refractivity contribution is -0.0191. The van der Waals surface area contributed by atoms with Gasteiger partial charge in [-0.3, -0.25) is 0 Å². The summed E-state index contributed by atoms with van der Waals surface area (Å²) in [5.74, 6) is 0.791. The Labute approximate surface area is 108 Å². The van der Waals surface area contributed by atoms with Crippen LogP contribution >= 0.6 is 0 Å². The maximum atomic E-state index is 6.09.